The van der Waals surface area contributed by atoms with Crippen LogP contribution in [0.4, 0.5) is 5.69 Å². The normalized spacial score (nSPS) is 10.3. The third-order valence-corrected chi connectivity index (χ3v) is 4.76. The first-order valence-electron chi connectivity index (χ1n) is 8.00. The maximum absolute atomic E-state index is 12.2. The predicted octanol–water partition coefficient (Wildman–Crippen LogP) is 5.40. The summed E-state index contributed by atoms with van der Waals surface area (Å²) in [4.78, 5) is 16.3. The van der Waals surface area contributed by atoms with Gasteiger partial charge in [-0.15, -0.1) is 11.8 Å². The zero-order chi connectivity index (χ0) is 18.2. The molecule has 0 aliphatic carbocycles. The van der Waals surface area contributed by atoms with Gasteiger partial charge in [0.25, 0.3) is 0 Å². The van der Waals surface area contributed by atoms with Crippen LogP contribution in [0.5, 0.6) is 11.5 Å². The quantitative estimate of drug-likeness (QED) is 0.592. The Hall–Kier alpha value is -2.50. The number of thioether (sulfide) groups is 1. The molecule has 0 aliphatic rings. The monoisotopic (exact) mass is 384 g/mol. The molecule has 3 rings (SSSR count). The minimum absolute atomic E-state index is 0.0888. The number of hydrogen-bond donors (Lipinski definition) is 1. The van der Waals surface area contributed by atoms with Gasteiger partial charge in [0.05, 0.1) is 16.5 Å². The largest absolute Gasteiger partial charge is 0.454 e. The van der Waals surface area contributed by atoms with Gasteiger partial charge in [0, 0.05) is 18.1 Å². The highest BCUT2D eigenvalue weighted by Crippen LogP contribution is 2.33. The average Bonchev–Trinajstić information content (AvgIpc) is 2.66. The molecule has 0 aliphatic heterocycles. The second-order valence-corrected chi connectivity index (χ2v) is 6.82. The number of rotatable bonds is 7. The maximum atomic E-state index is 12.2. The van der Waals surface area contributed by atoms with Crippen molar-refractivity contribution in [3.8, 4) is 11.5 Å². The van der Waals surface area contributed by atoms with Crippen molar-refractivity contribution in [1.29, 1.82) is 0 Å². The van der Waals surface area contributed by atoms with E-state index in [1.165, 1.54) is 11.8 Å². The Morgan fingerprint density at radius 2 is 1.81 bits per heavy atom. The van der Waals surface area contributed by atoms with Gasteiger partial charge in [-0.1, -0.05) is 41.9 Å². The van der Waals surface area contributed by atoms with Crippen LogP contribution in [0.2, 0.25) is 5.02 Å². The molecule has 26 heavy (non-hydrogen) atoms. The Bertz CT molecular complexity index is 874. The van der Waals surface area contributed by atoms with E-state index in [1.54, 1.807) is 36.7 Å². The molecule has 0 spiro atoms. The smallest absolute Gasteiger partial charge is 0.234 e. The molecule has 2 aromatic carbocycles. The molecule has 0 radical (unpaired) electrons. The van der Waals surface area contributed by atoms with E-state index in [-0.39, 0.29) is 5.91 Å². The second-order valence-electron chi connectivity index (χ2n) is 5.43. The summed E-state index contributed by atoms with van der Waals surface area (Å²) >= 11 is 7.67. The van der Waals surface area contributed by atoms with Crippen molar-refractivity contribution in [2.45, 2.75) is 5.75 Å². The molecular weight excluding hydrogens is 368 g/mol. The third kappa shape index (κ3) is 5.25. The molecule has 0 unspecified atom stereocenters. The van der Waals surface area contributed by atoms with Crippen molar-refractivity contribution in [2.75, 3.05) is 11.1 Å². The van der Waals surface area contributed by atoms with Gasteiger partial charge in [0.1, 0.15) is 5.75 Å². The summed E-state index contributed by atoms with van der Waals surface area (Å²) in [5.74, 6) is 2.08. The van der Waals surface area contributed by atoms with Crippen LogP contribution < -0.4 is 10.1 Å². The molecule has 132 valence electrons. The summed E-state index contributed by atoms with van der Waals surface area (Å²) in [5, 5.41) is 3.41. The number of anilines is 1. The topological polar surface area (TPSA) is 51.2 Å². The SMILES string of the molecule is O=C(CSCc1cccnc1)Nc1ccccc1Oc1ccccc1Cl. The van der Waals surface area contributed by atoms with Crippen molar-refractivity contribution >= 4 is 35.0 Å². The van der Waals surface area contributed by atoms with Crippen LogP contribution in [0.3, 0.4) is 0 Å². The van der Waals surface area contributed by atoms with E-state index in [0.29, 0.717) is 28.0 Å². The molecule has 3 aromatic rings. The van der Waals surface area contributed by atoms with Crippen LogP contribution in [0.1, 0.15) is 5.56 Å². The van der Waals surface area contributed by atoms with Gasteiger partial charge in [-0.25, -0.2) is 0 Å². The molecule has 0 bridgehead atoms. The maximum Gasteiger partial charge on any atom is 0.234 e. The van der Waals surface area contributed by atoms with E-state index in [4.69, 9.17) is 16.3 Å². The second kappa shape index (κ2) is 9.27. The number of pyridine rings is 1. The number of nitrogens with one attached hydrogen (secondary N) is 1. The van der Waals surface area contributed by atoms with Crippen molar-refractivity contribution in [2.24, 2.45) is 0 Å². The fraction of sp³-hybridized carbons (Fsp3) is 0.100. The van der Waals surface area contributed by atoms with Crippen LogP contribution in [0, 0.1) is 0 Å². The van der Waals surface area contributed by atoms with Crippen LogP contribution in [-0.4, -0.2) is 16.6 Å². The highest BCUT2D eigenvalue weighted by molar-refractivity contribution is 7.99. The van der Waals surface area contributed by atoms with Crippen LogP contribution in [-0.2, 0) is 10.5 Å². The van der Waals surface area contributed by atoms with E-state index >= 15 is 0 Å². The van der Waals surface area contributed by atoms with Crippen molar-refractivity contribution < 1.29 is 9.53 Å². The van der Waals surface area contributed by atoms with Crippen molar-refractivity contribution in [3.63, 3.8) is 0 Å². The Balaban J connectivity index is 1.59. The molecule has 0 fully saturated rings. The minimum Gasteiger partial charge on any atom is -0.454 e. The third-order valence-electron chi connectivity index (χ3n) is 3.44. The van der Waals surface area contributed by atoms with Crippen LogP contribution in [0.15, 0.2) is 73.1 Å². The average molecular weight is 385 g/mol. The fourth-order valence-electron chi connectivity index (χ4n) is 2.24. The van der Waals surface area contributed by atoms with E-state index < -0.39 is 0 Å². The van der Waals surface area contributed by atoms with E-state index in [9.17, 15) is 4.79 Å². The summed E-state index contributed by atoms with van der Waals surface area (Å²) in [7, 11) is 0. The number of hydrogen-bond acceptors (Lipinski definition) is 4. The van der Waals surface area contributed by atoms with E-state index in [2.05, 4.69) is 10.3 Å². The zero-order valence-corrected chi connectivity index (χ0v) is 15.5. The Labute approximate surface area is 161 Å². The van der Waals surface area contributed by atoms with Gasteiger partial charge >= 0.3 is 0 Å². The molecule has 6 heteroatoms. The van der Waals surface area contributed by atoms with Gasteiger partial charge in [0.15, 0.2) is 5.75 Å². The molecule has 1 heterocycles. The molecule has 4 nitrogen and oxygen atoms in total. The number of para-hydroxylation sites is 3. The number of aromatic nitrogens is 1. The first kappa shape index (κ1) is 18.3. The predicted molar refractivity (Wildman–Crippen MR) is 107 cm³/mol. The number of ether oxygens (including phenoxy) is 1. The molecule has 0 saturated heterocycles. The van der Waals surface area contributed by atoms with Gasteiger partial charge in [-0.3, -0.25) is 9.78 Å². The molecule has 0 saturated carbocycles. The van der Waals surface area contributed by atoms with Crippen LogP contribution >= 0.6 is 23.4 Å². The number of carbonyl (C=O) groups excluding carboxylic acids is 1. The summed E-state index contributed by atoms with van der Waals surface area (Å²) in [5.41, 5.74) is 1.70. The molecule has 1 N–H and O–H groups in total. The lowest BCUT2D eigenvalue weighted by Crippen LogP contribution is -2.14. The lowest BCUT2D eigenvalue weighted by atomic mass is 10.3. The minimum atomic E-state index is -0.0888. The van der Waals surface area contributed by atoms with Crippen molar-refractivity contribution in [1.82, 2.24) is 4.98 Å². The first-order chi connectivity index (χ1) is 12.7. The zero-order valence-electron chi connectivity index (χ0n) is 13.9. The summed E-state index contributed by atoms with van der Waals surface area (Å²) in [6.07, 6.45) is 3.54. The van der Waals surface area contributed by atoms with Gasteiger partial charge in [-0.2, -0.15) is 0 Å². The number of amides is 1. The molecule has 0 atom stereocenters. The number of nitrogens with zero attached hydrogens (tertiary/aromatic N) is 1. The Morgan fingerprint density at radius 1 is 1.04 bits per heavy atom. The molecular formula is C20H17ClN2O2S. The number of halogens is 1. The highest BCUT2D eigenvalue weighted by Gasteiger charge is 2.10. The molecule has 1 aromatic heterocycles. The van der Waals surface area contributed by atoms with Gasteiger partial charge in [0.2, 0.25) is 5.91 Å². The van der Waals surface area contributed by atoms with Gasteiger partial charge < -0.3 is 10.1 Å². The Morgan fingerprint density at radius 3 is 2.58 bits per heavy atom. The van der Waals surface area contributed by atoms with Gasteiger partial charge in [-0.05, 0) is 35.9 Å². The molecule has 1 amide bonds. The number of carbonyl (C=O) groups is 1. The lowest BCUT2D eigenvalue weighted by Gasteiger charge is -2.13. The highest BCUT2D eigenvalue weighted by atomic mass is 35.5. The van der Waals surface area contributed by atoms with Crippen molar-refractivity contribution in [3.05, 3.63) is 83.6 Å². The fourth-order valence-corrected chi connectivity index (χ4v) is 3.18. The summed E-state index contributed by atoms with van der Waals surface area (Å²) < 4.78 is 5.85. The first-order valence-corrected chi connectivity index (χ1v) is 9.53. The van der Waals surface area contributed by atoms with Crippen LogP contribution in [0.25, 0.3) is 0 Å². The summed E-state index contributed by atoms with van der Waals surface area (Å²) in [6.45, 7) is 0. The lowest BCUT2D eigenvalue weighted by molar-refractivity contribution is -0.113. The number of benzene rings is 2. The van der Waals surface area contributed by atoms with E-state index in [0.717, 1.165) is 11.3 Å². The Kier molecular flexibility index (Phi) is 6.52. The summed E-state index contributed by atoms with van der Waals surface area (Å²) in [6, 6.07) is 18.4. The standard InChI is InChI=1S/C20H17ClN2O2S/c21-16-7-1-3-9-18(16)25-19-10-4-2-8-17(19)23-20(24)14-26-13-15-6-5-11-22-12-15/h1-12H,13-14H2,(H,23,24). The van der Waals surface area contributed by atoms with E-state index in [1.807, 2.05) is 36.4 Å².